The summed E-state index contributed by atoms with van der Waals surface area (Å²) in [6, 6.07) is 9.99. The summed E-state index contributed by atoms with van der Waals surface area (Å²) in [5.74, 6) is -3.42. The van der Waals surface area contributed by atoms with Gasteiger partial charge in [0.1, 0.15) is 30.5 Å². The van der Waals surface area contributed by atoms with E-state index < -0.39 is 66.7 Å². The molecule has 0 aromatic heterocycles. The van der Waals surface area contributed by atoms with Gasteiger partial charge < -0.3 is 41.2 Å². The zero-order chi connectivity index (χ0) is 34.6. The van der Waals surface area contributed by atoms with Crippen LogP contribution in [0.2, 0.25) is 0 Å². The van der Waals surface area contributed by atoms with Crippen molar-refractivity contribution in [3.63, 3.8) is 0 Å². The Morgan fingerprint density at radius 1 is 0.958 bits per heavy atom. The predicted octanol–water partition coefficient (Wildman–Crippen LogP) is -0.161. The van der Waals surface area contributed by atoms with E-state index in [4.69, 9.17) is 9.47 Å². The SMILES string of the molecule is CC(C)[C@H]1NC(=O)[C@H](CO)NC(=O)C[C@@H](C(=O)NCc2cccc(CN3CCOCC3)c2)NC(=O)c2ccccc2OC[C@H](C)NC1=O. The van der Waals surface area contributed by atoms with Gasteiger partial charge in [-0.25, -0.2) is 0 Å². The second-order valence-corrected chi connectivity index (χ2v) is 12.4. The minimum absolute atomic E-state index is 0.00260. The molecule has 0 spiro atoms. The number of benzene rings is 2. The van der Waals surface area contributed by atoms with Crippen LogP contribution in [0.25, 0.3) is 0 Å². The number of nitrogens with one attached hydrogen (secondary N) is 5. The number of aliphatic hydroxyl groups is 1. The Labute approximate surface area is 280 Å². The Morgan fingerprint density at radius 2 is 1.69 bits per heavy atom. The highest BCUT2D eigenvalue weighted by Crippen LogP contribution is 2.19. The number of amides is 5. The smallest absolute Gasteiger partial charge is 0.255 e. The van der Waals surface area contributed by atoms with Crippen LogP contribution in [0.4, 0.5) is 0 Å². The molecular formula is C34H46N6O8. The number of nitrogens with zero attached hydrogens (tertiary/aromatic N) is 1. The van der Waals surface area contributed by atoms with Crippen molar-refractivity contribution < 1.29 is 38.6 Å². The molecule has 0 aliphatic carbocycles. The van der Waals surface area contributed by atoms with Crippen LogP contribution < -0.4 is 31.3 Å². The number of carbonyl (C=O) groups excluding carboxylic acids is 5. The van der Waals surface area contributed by atoms with Crippen molar-refractivity contribution in [3.05, 3.63) is 65.2 Å². The van der Waals surface area contributed by atoms with Gasteiger partial charge >= 0.3 is 0 Å². The number of carbonyl (C=O) groups is 5. The fourth-order valence-electron chi connectivity index (χ4n) is 5.40. The highest BCUT2D eigenvalue weighted by Gasteiger charge is 2.31. The van der Waals surface area contributed by atoms with E-state index in [2.05, 4.69) is 31.5 Å². The molecule has 6 N–H and O–H groups in total. The molecule has 4 rings (SSSR count). The molecule has 0 saturated carbocycles. The van der Waals surface area contributed by atoms with Gasteiger partial charge in [0.25, 0.3) is 5.91 Å². The van der Waals surface area contributed by atoms with Gasteiger partial charge in [-0.05, 0) is 36.1 Å². The molecule has 0 bridgehead atoms. The number of para-hydroxylation sites is 1. The fourth-order valence-corrected chi connectivity index (χ4v) is 5.40. The van der Waals surface area contributed by atoms with Crippen LogP contribution in [-0.4, -0.2) is 103 Å². The van der Waals surface area contributed by atoms with Gasteiger partial charge in [0.2, 0.25) is 23.6 Å². The molecule has 2 aliphatic heterocycles. The van der Waals surface area contributed by atoms with Crippen molar-refractivity contribution >= 4 is 29.5 Å². The zero-order valence-electron chi connectivity index (χ0n) is 27.6. The Kier molecular flexibility index (Phi) is 13.3. The van der Waals surface area contributed by atoms with Crippen LogP contribution >= 0.6 is 0 Å². The standard InChI is InChI=1S/C34H46N6O8/c1-21(2)30-34(46)36-22(3)20-48-28-10-5-4-9-25(28)31(43)38-26(16-29(42)37-27(19-41)33(45)39-30)32(44)35-17-23-7-6-8-24(15-23)18-40-11-13-47-14-12-40/h4-10,15,21-22,26-27,30,41H,11-14,16-20H2,1-3H3,(H,35,44)(H,36,46)(H,37,42)(H,38,43)(H,39,45)/t22-,26-,27-,30+/m0/s1. The van der Waals surface area contributed by atoms with E-state index in [1.807, 2.05) is 24.3 Å². The molecule has 14 heteroatoms. The van der Waals surface area contributed by atoms with Gasteiger partial charge in [0.15, 0.2) is 0 Å². The maximum absolute atomic E-state index is 13.5. The first-order valence-corrected chi connectivity index (χ1v) is 16.2. The molecule has 4 atom stereocenters. The zero-order valence-corrected chi connectivity index (χ0v) is 27.6. The van der Waals surface area contributed by atoms with Gasteiger partial charge in [-0.2, -0.15) is 0 Å². The van der Waals surface area contributed by atoms with E-state index in [1.165, 1.54) is 6.07 Å². The van der Waals surface area contributed by atoms with Gasteiger partial charge in [-0.3, -0.25) is 28.9 Å². The number of rotatable bonds is 7. The second kappa shape index (κ2) is 17.6. The van der Waals surface area contributed by atoms with E-state index in [9.17, 15) is 29.1 Å². The number of hydrogen-bond acceptors (Lipinski definition) is 9. The lowest BCUT2D eigenvalue weighted by Gasteiger charge is -2.26. The van der Waals surface area contributed by atoms with Crippen molar-refractivity contribution in [1.29, 1.82) is 0 Å². The lowest BCUT2D eigenvalue weighted by Crippen LogP contribution is -2.58. The number of fused-ring (bicyclic) bond motifs is 1. The molecule has 1 fully saturated rings. The molecule has 48 heavy (non-hydrogen) atoms. The molecule has 2 aromatic rings. The quantitative estimate of drug-likeness (QED) is 0.234. The first-order valence-electron chi connectivity index (χ1n) is 16.2. The highest BCUT2D eigenvalue weighted by atomic mass is 16.5. The topological polar surface area (TPSA) is 187 Å². The van der Waals surface area contributed by atoms with Gasteiger partial charge in [0.05, 0.1) is 37.8 Å². The third-order valence-corrected chi connectivity index (χ3v) is 8.07. The molecule has 2 heterocycles. The molecule has 0 radical (unpaired) electrons. The van der Waals surface area contributed by atoms with Gasteiger partial charge in [0, 0.05) is 26.2 Å². The minimum Gasteiger partial charge on any atom is -0.491 e. The van der Waals surface area contributed by atoms with Crippen molar-refractivity contribution in [1.82, 2.24) is 31.5 Å². The van der Waals surface area contributed by atoms with E-state index in [0.717, 1.165) is 30.8 Å². The Morgan fingerprint density at radius 3 is 2.42 bits per heavy atom. The van der Waals surface area contributed by atoms with Crippen LogP contribution in [0.5, 0.6) is 5.75 Å². The van der Waals surface area contributed by atoms with E-state index >= 15 is 0 Å². The largest absolute Gasteiger partial charge is 0.491 e. The summed E-state index contributed by atoms with van der Waals surface area (Å²) in [5, 5.41) is 23.2. The van der Waals surface area contributed by atoms with Gasteiger partial charge in [-0.1, -0.05) is 50.2 Å². The Balaban J connectivity index is 1.54. The molecule has 260 valence electrons. The summed E-state index contributed by atoms with van der Waals surface area (Å²) in [4.78, 5) is 68.7. The second-order valence-electron chi connectivity index (χ2n) is 12.4. The van der Waals surface area contributed by atoms with Crippen molar-refractivity contribution in [2.45, 2.75) is 64.4 Å². The first kappa shape index (κ1) is 36.3. The third-order valence-electron chi connectivity index (χ3n) is 8.07. The molecule has 1 saturated heterocycles. The average Bonchev–Trinajstić information content (AvgIpc) is 3.07. The predicted molar refractivity (Wildman–Crippen MR) is 176 cm³/mol. The van der Waals surface area contributed by atoms with Crippen LogP contribution in [-0.2, 0) is 37.0 Å². The summed E-state index contributed by atoms with van der Waals surface area (Å²) < 4.78 is 11.3. The summed E-state index contributed by atoms with van der Waals surface area (Å²) in [6.07, 6.45) is -0.535. The lowest BCUT2D eigenvalue weighted by atomic mass is 10.0. The van der Waals surface area contributed by atoms with Crippen LogP contribution in [0.15, 0.2) is 48.5 Å². The van der Waals surface area contributed by atoms with E-state index in [0.29, 0.717) is 13.2 Å². The van der Waals surface area contributed by atoms with Crippen molar-refractivity contribution in [2.24, 2.45) is 5.92 Å². The molecule has 0 unspecified atom stereocenters. The van der Waals surface area contributed by atoms with Crippen LogP contribution in [0.3, 0.4) is 0 Å². The van der Waals surface area contributed by atoms with Crippen molar-refractivity contribution in [2.75, 3.05) is 39.5 Å². The van der Waals surface area contributed by atoms with E-state index in [-0.39, 0.29) is 30.4 Å². The van der Waals surface area contributed by atoms with E-state index in [1.54, 1.807) is 39.0 Å². The molecule has 5 amide bonds. The monoisotopic (exact) mass is 666 g/mol. The maximum Gasteiger partial charge on any atom is 0.255 e. The Bertz CT molecular complexity index is 1450. The third kappa shape index (κ3) is 10.5. The van der Waals surface area contributed by atoms with Crippen LogP contribution in [0, 0.1) is 5.92 Å². The molecule has 2 aromatic carbocycles. The van der Waals surface area contributed by atoms with Crippen LogP contribution in [0.1, 0.15) is 48.7 Å². The number of ether oxygens (including phenoxy) is 2. The van der Waals surface area contributed by atoms with Crippen molar-refractivity contribution in [3.8, 4) is 5.75 Å². The normalized spacial score (nSPS) is 23.4. The molecule has 14 nitrogen and oxygen atoms in total. The number of hydrogen-bond donors (Lipinski definition) is 6. The maximum atomic E-state index is 13.5. The summed E-state index contributed by atoms with van der Waals surface area (Å²) in [5.41, 5.74) is 2.04. The summed E-state index contributed by atoms with van der Waals surface area (Å²) >= 11 is 0. The summed E-state index contributed by atoms with van der Waals surface area (Å²) in [6.45, 7) is 8.38. The molecular weight excluding hydrogens is 620 g/mol. The number of aliphatic hydroxyl groups excluding tert-OH is 1. The summed E-state index contributed by atoms with van der Waals surface area (Å²) in [7, 11) is 0. The van der Waals surface area contributed by atoms with Gasteiger partial charge in [-0.15, -0.1) is 0 Å². The fraction of sp³-hybridized carbons (Fsp3) is 0.500. The first-order chi connectivity index (χ1) is 23.0. The highest BCUT2D eigenvalue weighted by molar-refractivity contribution is 6.01. The number of morpholine rings is 1. The minimum atomic E-state index is -1.41. The molecule has 2 aliphatic rings. The average molecular weight is 667 g/mol. The Hall–Kier alpha value is -4.53. The lowest BCUT2D eigenvalue weighted by molar-refractivity contribution is -0.134.